The molecular formula is C17H26F3N3O2S. The van der Waals surface area contributed by atoms with E-state index < -0.39 is 22.7 Å². The van der Waals surface area contributed by atoms with Gasteiger partial charge in [-0.05, 0) is 50.6 Å². The van der Waals surface area contributed by atoms with Gasteiger partial charge in [0.05, 0.1) is 11.4 Å². The molecule has 1 unspecified atom stereocenters. The number of hydrogen-bond acceptors (Lipinski definition) is 4. The first kappa shape index (κ1) is 21.1. The van der Waals surface area contributed by atoms with Gasteiger partial charge >= 0.3 is 6.18 Å². The van der Waals surface area contributed by atoms with Gasteiger partial charge in [0.1, 0.15) is 0 Å². The van der Waals surface area contributed by atoms with E-state index >= 15 is 0 Å². The van der Waals surface area contributed by atoms with Gasteiger partial charge in [-0.3, -0.25) is 4.90 Å². The lowest BCUT2D eigenvalue weighted by Crippen LogP contribution is -2.46. The number of alkyl halides is 3. The molecule has 1 atom stereocenters. The number of nitrogens with one attached hydrogen (secondary N) is 1. The third-order valence-electron chi connectivity index (χ3n) is 4.63. The lowest BCUT2D eigenvalue weighted by molar-refractivity contribution is -0.148. The number of benzene rings is 1. The molecule has 2 rings (SSSR count). The summed E-state index contributed by atoms with van der Waals surface area (Å²) >= 11 is 0. The summed E-state index contributed by atoms with van der Waals surface area (Å²) in [5, 5.41) is 3.43. The van der Waals surface area contributed by atoms with E-state index in [-0.39, 0.29) is 17.0 Å². The molecule has 5 nitrogen and oxygen atoms in total. The van der Waals surface area contributed by atoms with Crippen molar-refractivity contribution in [2.24, 2.45) is 0 Å². The predicted molar refractivity (Wildman–Crippen MR) is 94.4 cm³/mol. The van der Waals surface area contributed by atoms with E-state index in [9.17, 15) is 21.6 Å². The molecule has 1 heterocycles. The first-order valence-electron chi connectivity index (χ1n) is 8.56. The maximum absolute atomic E-state index is 12.4. The summed E-state index contributed by atoms with van der Waals surface area (Å²) in [5.41, 5.74) is 0.945. The van der Waals surface area contributed by atoms with Crippen LogP contribution in [0.4, 0.5) is 13.2 Å². The van der Waals surface area contributed by atoms with Crippen LogP contribution in [0.2, 0.25) is 0 Å². The van der Waals surface area contributed by atoms with Gasteiger partial charge in [0, 0.05) is 26.2 Å². The maximum Gasteiger partial charge on any atom is 0.401 e. The summed E-state index contributed by atoms with van der Waals surface area (Å²) in [4.78, 5) is 1.67. The minimum absolute atomic E-state index is 0.00900. The van der Waals surface area contributed by atoms with Gasteiger partial charge in [-0.1, -0.05) is 12.1 Å². The first-order valence-corrected chi connectivity index (χ1v) is 10.0. The summed E-state index contributed by atoms with van der Waals surface area (Å²) in [7, 11) is -0.483. The van der Waals surface area contributed by atoms with E-state index in [1.165, 1.54) is 23.3 Å². The topological polar surface area (TPSA) is 52.7 Å². The van der Waals surface area contributed by atoms with Gasteiger partial charge in [0.2, 0.25) is 10.0 Å². The van der Waals surface area contributed by atoms with Crippen molar-refractivity contribution in [2.45, 2.75) is 42.9 Å². The molecule has 0 aromatic heterocycles. The minimum Gasteiger partial charge on any atom is -0.307 e. The highest BCUT2D eigenvalue weighted by molar-refractivity contribution is 7.89. The Kier molecular flexibility index (Phi) is 6.70. The second-order valence-electron chi connectivity index (χ2n) is 6.91. The second-order valence-corrected chi connectivity index (χ2v) is 9.06. The Morgan fingerprint density at radius 2 is 1.73 bits per heavy atom. The van der Waals surface area contributed by atoms with Crippen molar-refractivity contribution in [1.29, 1.82) is 0 Å². The molecule has 0 spiro atoms. The Labute approximate surface area is 153 Å². The van der Waals surface area contributed by atoms with E-state index in [1.807, 2.05) is 6.92 Å². The lowest BCUT2D eigenvalue weighted by atomic mass is 10.0. The molecular weight excluding hydrogens is 367 g/mol. The molecule has 0 saturated carbocycles. The van der Waals surface area contributed by atoms with E-state index in [0.29, 0.717) is 25.9 Å². The average molecular weight is 393 g/mol. The smallest absolute Gasteiger partial charge is 0.307 e. The van der Waals surface area contributed by atoms with Gasteiger partial charge in [0.25, 0.3) is 0 Å². The molecule has 1 saturated heterocycles. The molecule has 0 aliphatic carbocycles. The fraction of sp³-hybridized carbons (Fsp3) is 0.647. The standard InChI is InChI=1S/C17H26F3N3O2S/c1-13(14-4-6-16(7-5-14)26(24,25)22(2)3)21-15-8-10-23(11-9-15)12-17(18,19)20/h4-7,13,15,21H,8-12H2,1-3H3. The highest BCUT2D eigenvalue weighted by Gasteiger charge is 2.32. The number of rotatable bonds is 6. The number of halogens is 3. The summed E-state index contributed by atoms with van der Waals surface area (Å²) < 4.78 is 62.6. The monoisotopic (exact) mass is 393 g/mol. The van der Waals surface area contributed by atoms with E-state index in [1.54, 1.807) is 24.3 Å². The quantitative estimate of drug-likeness (QED) is 0.807. The van der Waals surface area contributed by atoms with Gasteiger partial charge < -0.3 is 5.32 Å². The second kappa shape index (κ2) is 8.24. The molecule has 1 aliphatic heterocycles. The molecule has 0 bridgehead atoms. The third kappa shape index (κ3) is 5.67. The summed E-state index contributed by atoms with van der Waals surface area (Å²) in [6.07, 6.45) is -2.83. The van der Waals surface area contributed by atoms with Crippen LogP contribution >= 0.6 is 0 Å². The zero-order valence-electron chi connectivity index (χ0n) is 15.3. The van der Waals surface area contributed by atoms with Crippen molar-refractivity contribution < 1.29 is 21.6 Å². The molecule has 1 N–H and O–H groups in total. The predicted octanol–water partition coefficient (Wildman–Crippen LogP) is 2.61. The maximum atomic E-state index is 12.4. The normalized spacial score (nSPS) is 19.0. The van der Waals surface area contributed by atoms with Gasteiger partial charge in [0.15, 0.2) is 0 Å². The number of sulfonamides is 1. The van der Waals surface area contributed by atoms with Crippen molar-refractivity contribution >= 4 is 10.0 Å². The molecule has 26 heavy (non-hydrogen) atoms. The highest BCUT2D eigenvalue weighted by atomic mass is 32.2. The third-order valence-corrected chi connectivity index (χ3v) is 6.46. The summed E-state index contributed by atoms with van der Waals surface area (Å²) in [6.45, 7) is 1.96. The van der Waals surface area contributed by atoms with Crippen molar-refractivity contribution in [2.75, 3.05) is 33.7 Å². The molecule has 0 amide bonds. The molecule has 1 aliphatic rings. The van der Waals surface area contributed by atoms with Crippen molar-refractivity contribution in [3.8, 4) is 0 Å². The molecule has 148 valence electrons. The Morgan fingerprint density at radius 1 is 1.19 bits per heavy atom. The fourth-order valence-electron chi connectivity index (χ4n) is 3.10. The molecule has 0 radical (unpaired) electrons. The number of hydrogen-bond donors (Lipinski definition) is 1. The Morgan fingerprint density at radius 3 is 2.19 bits per heavy atom. The van der Waals surface area contributed by atoms with E-state index in [0.717, 1.165) is 5.56 Å². The molecule has 9 heteroatoms. The summed E-state index contributed by atoms with van der Waals surface area (Å²) in [5.74, 6) is 0. The largest absolute Gasteiger partial charge is 0.401 e. The zero-order valence-corrected chi connectivity index (χ0v) is 16.1. The van der Waals surface area contributed by atoms with Crippen LogP contribution in [0.3, 0.4) is 0 Å². The molecule has 1 aromatic rings. The number of nitrogens with zero attached hydrogens (tertiary/aromatic N) is 2. The highest BCUT2D eigenvalue weighted by Crippen LogP contribution is 2.22. The van der Waals surface area contributed by atoms with Crippen LogP contribution in [0.5, 0.6) is 0 Å². The van der Waals surface area contributed by atoms with Crippen molar-refractivity contribution in [1.82, 2.24) is 14.5 Å². The van der Waals surface area contributed by atoms with Gasteiger partial charge in [-0.15, -0.1) is 0 Å². The summed E-state index contributed by atoms with van der Waals surface area (Å²) in [6, 6.07) is 6.84. The van der Waals surface area contributed by atoms with Crippen LogP contribution in [0.25, 0.3) is 0 Å². The van der Waals surface area contributed by atoms with E-state index in [4.69, 9.17) is 0 Å². The Bertz CT molecular complexity index is 682. The zero-order chi connectivity index (χ0) is 19.5. The SMILES string of the molecule is CC(NC1CCN(CC(F)(F)F)CC1)c1ccc(S(=O)(=O)N(C)C)cc1. The van der Waals surface area contributed by atoms with Gasteiger partial charge in [-0.2, -0.15) is 13.2 Å². The van der Waals surface area contributed by atoms with Crippen LogP contribution in [0.1, 0.15) is 31.4 Å². The van der Waals surface area contributed by atoms with E-state index in [2.05, 4.69) is 5.32 Å². The molecule has 1 aromatic carbocycles. The first-order chi connectivity index (χ1) is 12.0. The van der Waals surface area contributed by atoms with Gasteiger partial charge in [-0.25, -0.2) is 12.7 Å². The van der Waals surface area contributed by atoms with Crippen LogP contribution < -0.4 is 5.32 Å². The minimum atomic E-state index is -4.15. The Balaban J connectivity index is 1.90. The fourth-order valence-corrected chi connectivity index (χ4v) is 4.00. The number of piperidine rings is 1. The van der Waals surface area contributed by atoms with Crippen LogP contribution in [-0.4, -0.2) is 63.6 Å². The number of likely N-dealkylation sites (tertiary alicyclic amines) is 1. The average Bonchev–Trinajstić information content (AvgIpc) is 2.55. The van der Waals surface area contributed by atoms with Crippen LogP contribution in [0.15, 0.2) is 29.2 Å². The lowest BCUT2D eigenvalue weighted by Gasteiger charge is -2.34. The van der Waals surface area contributed by atoms with Crippen molar-refractivity contribution in [3.05, 3.63) is 29.8 Å². The Hall–Kier alpha value is -1.16. The van der Waals surface area contributed by atoms with Crippen LogP contribution in [0, 0.1) is 0 Å². The van der Waals surface area contributed by atoms with Crippen LogP contribution in [-0.2, 0) is 10.0 Å². The van der Waals surface area contributed by atoms with Crippen molar-refractivity contribution in [3.63, 3.8) is 0 Å². The molecule has 1 fully saturated rings.